The van der Waals surface area contributed by atoms with Gasteiger partial charge in [-0.1, -0.05) is 22.9 Å². The molecular formula is C16H25BrN2O. The molecule has 1 aromatic carbocycles. The Balaban J connectivity index is 2.15. The highest BCUT2D eigenvalue weighted by atomic mass is 79.9. The highest BCUT2D eigenvalue weighted by molar-refractivity contribution is 9.10. The second-order valence-corrected chi connectivity index (χ2v) is 6.57. The summed E-state index contributed by atoms with van der Waals surface area (Å²) >= 11 is 3.49. The van der Waals surface area contributed by atoms with Crippen LogP contribution in [0, 0.1) is 0 Å². The normalized spacial score (nSPS) is 19.1. The quantitative estimate of drug-likeness (QED) is 0.909. The van der Waals surface area contributed by atoms with Crippen molar-refractivity contribution in [1.29, 1.82) is 0 Å². The average Bonchev–Trinajstić information content (AvgIpc) is 2.46. The summed E-state index contributed by atoms with van der Waals surface area (Å²) in [7, 11) is 2.15. The van der Waals surface area contributed by atoms with E-state index in [4.69, 9.17) is 0 Å². The molecule has 112 valence electrons. The Bertz CT molecular complexity index is 442. The molecule has 1 fully saturated rings. The van der Waals surface area contributed by atoms with Crippen molar-refractivity contribution in [2.24, 2.45) is 0 Å². The second-order valence-electron chi connectivity index (χ2n) is 5.66. The lowest BCUT2D eigenvalue weighted by atomic mass is 10.0. The van der Waals surface area contributed by atoms with Crippen LogP contribution in [0.3, 0.4) is 0 Å². The van der Waals surface area contributed by atoms with Gasteiger partial charge in [-0.15, -0.1) is 0 Å². The number of piperidine rings is 1. The van der Waals surface area contributed by atoms with E-state index in [1.807, 2.05) is 13.0 Å². The number of hydrogen-bond donors (Lipinski definition) is 1. The molecule has 20 heavy (non-hydrogen) atoms. The predicted molar refractivity (Wildman–Crippen MR) is 88.3 cm³/mol. The number of hydrogen-bond acceptors (Lipinski definition) is 3. The predicted octanol–water partition coefficient (Wildman–Crippen LogP) is 3.42. The Morgan fingerprint density at radius 2 is 2.05 bits per heavy atom. The fourth-order valence-corrected chi connectivity index (χ4v) is 3.38. The number of benzene rings is 1. The molecule has 1 unspecified atom stereocenters. The van der Waals surface area contributed by atoms with Gasteiger partial charge >= 0.3 is 0 Å². The lowest BCUT2D eigenvalue weighted by Gasteiger charge is -2.38. The third kappa shape index (κ3) is 3.54. The molecule has 0 aliphatic carbocycles. The van der Waals surface area contributed by atoms with E-state index in [1.165, 1.54) is 25.9 Å². The Hall–Kier alpha value is -0.580. The number of rotatable bonds is 4. The van der Waals surface area contributed by atoms with E-state index in [1.54, 1.807) is 0 Å². The molecule has 0 spiro atoms. The highest BCUT2D eigenvalue weighted by Gasteiger charge is 2.23. The lowest BCUT2D eigenvalue weighted by Crippen LogP contribution is -2.43. The molecule has 0 aromatic heterocycles. The minimum Gasteiger partial charge on any atom is -0.389 e. The summed E-state index contributed by atoms with van der Waals surface area (Å²) in [6.45, 7) is 7.55. The van der Waals surface area contributed by atoms with E-state index in [0.29, 0.717) is 6.04 Å². The largest absolute Gasteiger partial charge is 0.389 e. The van der Waals surface area contributed by atoms with E-state index in [2.05, 4.69) is 51.8 Å². The van der Waals surface area contributed by atoms with Gasteiger partial charge in [0.2, 0.25) is 0 Å². The van der Waals surface area contributed by atoms with Crippen LogP contribution in [-0.4, -0.2) is 42.7 Å². The van der Waals surface area contributed by atoms with Gasteiger partial charge in [-0.25, -0.2) is 0 Å². The van der Waals surface area contributed by atoms with Crippen molar-refractivity contribution >= 4 is 21.6 Å². The first kappa shape index (κ1) is 15.8. The molecule has 4 heteroatoms. The van der Waals surface area contributed by atoms with Crippen LogP contribution in [0.5, 0.6) is 0 Å². The summed E-state index contributed by atoms with van der Waals surface area (Å²) in [5.74, 6) is 0. The van der Waals surface area contributed by atoms with Gasteiger partial charge in [0.1, 0.15) is 0 Å². The van der Waals surface area contributed by atoms with Crippen molar-refractivity contribution in [2.75, 3.05) is 31.6 Å². The minimum atomic E-state index is -0.444. The summed E-state index contributed by atoms with van der Waals surface area (Å²) in [6, 6.07) is 6.76. The van der Waals surface area contributed by atoms with E-state index < -0.39 is 6.10 Å². The zero-order valence-corrected chi connectivity index (χ0v) is 14.2. The first-order valence-corrected chi connectivity index (χ1v) is 8.25. The Kier molecular flexibility index (Phi) is 5.47. The zero-order valence-electron chi connectivity index (χ0n) is 12.6. The van der Waals surface area contributed by atoms with Gasteiger partial charge in [0.25, 0.3) is 0 Å². The molecule has 1 aromatic rings. The molecule has 0 bridgehead atoms. The van der Waals surface area contributed by atoms with Crippen LogP contribution in [0.1, 0.15) is 38.4 Å². The molecule has 1 aliphatic rings. The first-order chi connectivity index (χ1) is 9.52. The van der Waals surface area contributed by atoms with Gasteiger partial charge in [0.05, 0.1) is 6.10 Å². The molecule has 1 N–H and O–H groups in total. The van der Waals surface area contributed by atoms with E-state index in [-0.39, 0.29) is 0 Å². The SMILES string of the molecule is CCN1CCC(N(C)c2ccc(Br)cc2C(C)O)CC1. The number of aliphatic hydroxyl groups excluding tert-OH is 1. The molecule has 0 radical (unpaired) electrons. The van der Waals surface area contributed by atoms with Crippen molar-refractivity contribution < 1.29 is 5.11 Å². The Labute approximate surface area is 130 Å². The van der Waals surface area contributed by atoms with E-state index >= 15 is 0 Å². The van der Waals surface area contributed by atoms with Gasteiger partial charge in [-0.2, -0.15) is 0 Å². The van der Waals surface area contributed by atoms with Crippen molar-refractivity contribution in [3.8, 4) is 0 Å². The molecule has 1 aliphatic heterocycles. The van der Waals surface area contributed by atoms with Crippen LogP contribution >= 0.6 is 15.9 Å². The van der Waals surface area contributed by atoms with E-state index in [0.717, 1.165) is 22.3 Å². The second kappa shape index (κ2) is 6.92. The van der Waals surface area contributed by atoms with Crippen molar-refractivity contribution in [1.82, 2.24) is 4.90 Å². The molecule has 1 saturated heterocycles. The molecule has 1 heterocycles. The van der Waals surface area contributed by atoms with Crippen LogP contribution in [-0.2, 0) is 0 Å². The molecule has 0 saturated carbocycles. The van der Waals surface area contributed by atoms with Crippen LogP contribution in [0.25, 0.3) is 0 Å². The maximum absolute atomic E-state index is 10.0. The van der Waals surface area contributed by atoms with Gasteiger partial charge in [-0.05, 0) is 44.5 Å². The number of anilines is 1. The fraction of sp³-hybridized carbons (Fsp3) is 0.625. The summed E-state index contributed by atoms with van der Waals surface area (Å²) in [6.07, 6.45) is 1.94. The lowest BCUT2D eigenvalue weighted by molar-refractivity contribution is 0.198. The number of aliphatic hydroxyl groups is 1. The maximum Gasteiger partial charge on any atom is 0.0782 e. The Morgan fingerprint density at radius 1 is 1.40 bits per heavy atom. The van der Waals surface area contributed by atoms with Gasteiger partial charge in [-0.3, -0.25) is 0 Å². The van der Waals surface area contributed by atoms with Gasteiger partial charge in [0.15, 0.2) is 0 Å². The van der Waals surface area contributed by atoms with Gasteiger partial charge < -0.3 is 14.9 Å². The first-order valence-electron chi connectivity index (χ1n) is 7.45. The fourth-order valence-electron chi connectivity index (χ4n) is 3.00. The van der Waals surface area contributed by atoms with Gasteiger partial charge in [0, 0.05) is 41.9 Å². The average molecular weight is 341 g/mol. The smallest absolute Gasteiger partial charge is 0.0782 e. The third-order valence-electron chi connectivity index (χ3n) is 4.37. The summed E-state index contributed by atoms with van der Waals surface area (Å²) in [4.78, 5) is 4.85. The zero-order chi connectivity index (χ0) is 14.7. The third-order valence-corrected chi connectivity index (χ3v) is 4.86. The summed E-state index contributed by atoms with van der Waals surface area (Å²) in [5, 5.41) is 10.0. The molecular weight excluding hydrogens is 316 g/mol. The Morgan fingerprint density at radius 3 is 2.60 bits per heavy atom. The maximum atomic E-state index is 10.0. The topological polar surface area (TPSA) is 26.7 Å². The van der Waals surface area contributed by atoms with E-state index in [9.17, 15) is 5.11 Å². The minimum absolute atomic E-state index is 0.444. The van der Waals surface area contributed by atoms with Crippen LogP contribution < -0.4 is 4.90 Å². The van der Waals surface area contributed by atoms with Crippen molar-refractivity contribution in [3.05, 3.63) is 28.2 Å². The summed E-state index contributed by atoms with van der Waals surface area (Å²) in [5.41, 5.74) is 2.15. The number of likely N-dealkylation sites (tertiary alicyclic amines) is 1. The standard InChI is InChI=1S/C16H25BrN2O/c1-4-19-9-7-14(8-10-19)18(3)16-6-5-13(17)11-15(16)12(2)20/h5-6,11-12,14,20H,4,7-10H2,1-3H3. The molecule has 2 rings (SSSR count). The summed E-state index contributed by atoms with van der Waals surface area (Å²) < 4.78 is 1.02. The van der Waals surface area contributed by atoms with Crippen molar-refractivity contribution in [2.45, 2.75) is 38.8 Å². The van der Waals surface area contributed by atoms with Crippen LogP contribution in [0.15, 0.2) is 22.7 Å². The van der Waals surface area contributed by atoms with Crippen LogP contribution in [0.2, 0.25) is 0 Å². The molecule has 0 amide bonds. The van der Waals surface area contributed by atoms with Crippen LogP contribution in [0.4, 0.5) is 5.69 Å². The number of halogens is 1. The molecule has 1 atom stereocenters. The highest BCUT2D eigenvalue weighted by Crippen LogP contribution is 2.31. The molecule has 3 nitrogen and oxygen atoms in total. The number of nitrogens with zero attached hydrogens (tertiary/aromatic N) is 2. The monoisotopic (exact) mass is 340 g/mol. The van der Waals surface area contributed by atoms with Crippen molar-refractivity contribution in [3.63, 3.8) is 0 Å².